The normalized spacial score (nSPS) is 12.7. The molecule has 0 spiro atoms. The molecule has 1 atom stereocenters. The average Bonchev–Trinajstić information content (AvgIpc) is 2.99. The van der Waals surface area contributed by atoms with E-state index < -0.39 is 5.60 Å². The highest BCUT2D eigenvalue weighted by Gasteiger charge is 2.23. The first-order valence-corrected chi connectivity index (χ1v) is 8.90. The van der Waals surface area contributed by atoms with Crippen LogP contribution in [0.4, 0.5) is 4.79 Å². The number of aromatic nitrogens is 1. The predicted octanol–water partition coefficient (Wildman–Crippen LogP) is 6.13. The predicted molar refractivity (Wildman–Crippen MR) is 107 cm³/mol. The van der Waals surface area contributed by atoms with Gasteiger partial charge in [-0.1, -0.05) is 54.6 Å². The van der Waals surface area contributed by atoms with Gasteiger partial charge in [-0.05, 0) is 44.4 Å². The Bertz CT molecular complexity index is 916. The maximum absolute atomic E-state index is 12.7. The van der Waals surface area contributed by atoms with Crippen LogP contribution in [0, 0.1) is 0 Å². The molecule has 3 aromatic rings. The van der Waals surface area contributed by atoms with Gasteiger partial charge in [0.2, 0.25) is 0 Å². The molecule has 3 heteroatoms. The van der Waals surface area contributed by atoms with Crippen molar-refractivity contribution in [2.45, 2.75) is 38.7 Å². The molecule has 0 aliphatic rings. The number of para-hydroxylation sites is 1. The smallest absolute Gasteiger partial charge is 0.419 e. The van der Waals surface area contributed by atoms with Crippen molar-refractivity contribution in [2.24, 2.45) is 0 Å². The van der Waals surface area contributed by atoms with Gasteiger partial charge in [0.15, 0.2) is 0 Å². The molecule has 3 nitrogen and oxygen atoms in total. The van der Waals surface area contributed by atoms with Gasteiger partial charge in [0, 0.05) is 17.5 Å². The first-order valence-electron chi connectivity index (χ1n) is 8.90. The van der Waals surface area contributed by atoms with Gasteiger partial charge >= 0.3 is 6.09 Å². The number of rotatable bonds is 4. The number of hydrogen-bond acceptors (Lipinski definition) is 2. The van der Waals surface area contributed by atoms with Crippen molar-refractivity contribution in [3.63, 3.8) is 0 Å². The molecule has 0 saturated heterocycles. The van der Waals surface area contributed by atoms with E-state index in [4.69, 9.17) is 4.74 Å². The van der Waals surface area contributed by atoms with E-state index in [1.54, 1.807) is 4.57 Å². The van der Waals surface area contributed by atoms with Crippen molar-refractivity contribution < 1.29 is 9.53 Å². The molecule has 2 aromatic carbocycles. The van der Waals surface area contributed by atoms with E-state index in [1.807, 2.05) is 69.4 Å². The zero-order valence-electron chi connectivity index (χ0n) is 15.6. The third kappa shape index (κ3) is 3.72. The molecule has 1 unspecified atom stereocenters. The Morgan fingerprint density at radius 2 is 1.77 bits per heavy atom. The number of ether oxygens (including phenoxy) is 1. The van der Waals surface area contributed by atoms with Crippen LogP contribution in [-0.2, 0) is 4.74 Å². The Morgan fingerprint density at radius 3 is 2.42 bits per heavy atom. The van der Waals surface area contributed by atoms with Crippen LogP contribution in [0.25, 0.3) is 10.9 Å². The van der Waals surface area contributed by atoms with E-state index >= 15 is 0 Å². The minimum absolute atomic E-state index is 0.141. The van der Waals surface area contributed by atoms with E-state index in [1.165, 1.54) is 5.56 Å². The van der Waals surface area contributed by atoms with Crippen LogP contribution in [0.15, 0.2) is 73.4 Å². The highest BCUT2D eigenvalue weighted by molar-refractivity contribution is 5.92. The highest BCUT2D eigenvalue weighted by Crippen LogP contribution is 2.35. The fraction of sp³-hybridized carbons (Fsp3) is 0.261. The topological polar surface area (TPSA) is 31.2 Å². The second-order valence-corrected chi connectivity index (χ2v) is 7.44. The van der Waals surface area contributed by atoms with Gasteiger partial charge in [-0.25, -0.2) is 4.79 Å². The molecule has 0 aliphatic heterocycles. The first-order chi connectivity index (χ1) is 12.4. The third-order valence-electron chi connectivity index (χ3n) is 4.31. The van der Waals surface area contributed by atoms with E-state index in [0.717, 1.165) is 22.9 Å². The summed E-state index contributed by atoms with van der Waals surface area (Å²) in [5.74, 6) is 0.141. The number of hydrogen-bond donors (Lipinski definition) is 0. The Kier molecular flexibility index (Phi) is 4.99. The van der Waals surface area contributed by atoms with Gasteiger partial charge in [0.05, 0.1) is 5.52 Å². The second kappa shape index (κ2) is 7.20. The molecular weight excluding hydrogens is 322 g/mol. The maximum Gasteiger partial charge on any atom is 0.419 e. The van der Waals surface area contributed by atoms with Crippen molar-refractivity contribution in [1.82, 2.24) is 4.57 Å². The van der Waals surface area contributed by atoms with Gasteiger partial charge in [-0.3, -0.25) is 4.57 Å². The largest absolute Gasteiger partial charge is 0.443 e. The van der Waals surface area contributed by atoms with Crippen molar-refractivity contribution in [1.29, 1.82) is 0 Å². The van der Waals surface area contributed by atoms with Crippen LogP contribution in [0.2, 0.25) is 0 Å². The van der Waals surface area contributed by atoms with Crippen LogP contribution < -0.4 is 0 Å². The highest BCUT2D eigenvalue weighted by atomic mass is 16.6. The van der Waals surface area contributed by atoms with Crippen LogP contribution in [0.5, 0.6) is 0 Å². The monoisotopic (exact) mass is 347 g/mol. The zero-order valence-corrected chi connectivity index (χ0v) is 15.6. The van der Waals surface area contributed by atoms with Gasteiger partial charge in [0.1, 0.15) is 5.60 Å². The Hall–Kier alpha value is -2.81. The molecule has 134 valence electrons. The third-order valence-corrected chi connectivity index (χ3v) is 4.31. The fourth-order valence-corrected chi connectivity index (χ4v) is 3.24. The molecule has 0 N–H and O–H groups in total. The van der Waals surface area contributed by atoms with Crippen molar-refractivity contribution in [3.8, 4) is 0 Å². The molecule has 3 rings (SSSR count). The molecule has 0 radical (unpaired) electrons. The fourth-order valence-electron chi connectivity index (χ4n) is 3.24. The summed E-state index contributed by atoms with van der Waals surface area (Å²) in [6, 6.07) is 18.3. The molecule has 1 aromatic heterocycles. The van der Waals surface area contributed by atoms with Gasteiger partial charge in [-0.2, -0.15) is 0 Å². The van der Waals surface area contributed by atoms with Crippen LogP contribution in [-0.4, -0.2) is 16.3 Å². The summed E-state index contributed by atoms with van der Waals surface area (Å²) in [6.07, 6.45) is 4.29. The number of fused-ring (bicyclic) bond motifs is 1. The molecule has 0 fully saturated rings. The lowest BCUT2D eigenvalue weighted by Crippen LogP contribution is -2.26. The summed E-state index contributed by atoms with van der Waals surface area (Å²) in [6.45, 7) is 9.55. The Labute approximate surface area is 154 Å². The zero-order chi connectivity index (χ0) is 18.7. The van der Waals surface area contributed by atoms with Crippen LogP contribution >= 0.6 is 0 Å². The molecule has 0 aliphatic carbocycles. The van der Waals surface area contributed by atoms with Crippen molar-refractivity contribution >= 4 is 17.0 Å². The molecule has 0 saturated carbocycles. The SMILES string of the molecule is C=CCC(c1ccccc1)c1cn(C(=O)OC(C)(C)C)c2ccccc12. The standard InChI is InChI=1S/C23H25NO2/c1-5-11-18(17-12-7-6-8-13-17)20-16-24(22(25)26-23(2,3)4)21-15-10-9-14-19(20)21/h5-10,12-16,18H,1,11H2,2-4H3. The number of carbonyl (C=O) groups excluding carboxylic acids is 1. The molecule has 1 heterocycles. The van der Waals surface area contributed by atoms with E-state index in [0.29, 0.717) is 0 Å². The van der Waals surface area contributed by atoms with Crippen LogP contribution in [0.3, 0.4) is 0 Å². The molecule has 0 bridgehead atoms. The Balaban J connectivity index is 2.14. The summed E-state index contributed by atoms with van der Waals surface area (Å²) >= 11 is 0. The summed E-state index contributed by atoms with van der Waals surface area (Å²) in [4.78, 5) is 12.7. The first kappa shape index (κ1) is 18.0. The number of carbonyl (C=O) groups is 1. The van der Waals surface area contributed by atoms with E-state index in [2.05, 4.69) is 24.8 Å². The lowest BCUT2D eigenvalue weighted by Gasteiger charge is -2.19. The van der Waals surface area contributed by atoms with Crippen LogP contribution in [0.1, 0.15) is 44.2 Å². The molecular formula is C23H25NO2. The number of nitrogens with zero attached hydrogens (tertiary/aromatic N) is 1. The average molecular weight is 347 g/mol. The minimum Gasteiger partial charge on any atom is -0.443 e. The lowest BCUT2D eigenvalue weighted by molar-refractivity contribution is 0.0544. The minimum atomic E-state index is -0.539. The van der Waals surface area contributed by atoms with E-state index in [-0.39, 0.29) is 12.0 Å². The number of allylic oxidation sites excluding steroid dienone is 1. The van der Waals surface area contributed by atoms with Crippen molar-refractivity contribution in [2.75, 3.05) is 0 Å². The quantitative estimate of drug-likeness (QED) is 0.531. The van der Waals surface area contributed by atoms with Crippen molar-refractivity contribution in [3.05, 3.63) is 84.6 Å². The van der Waals surface area contributed by atoms with Gasteiger partial charge < -0.3 is 4.74 Å². The lowest BCUT2D eigenvalue weighted by atomic mass is 9.88. The van der Waals surface area contributed by atoms with Gasteiger partial charge in [-0.15, -0.1) is 6.58 Å². The summed E-state index contributed by atoms with van der Waals surface area (Å²) in [7, 11) is 0. The summed E-state index contributed by atoms with van der Waals surface area (Å²) in [5.41, 5.74) is 2.64. The molecule has 0 amide bonds. The summed E-state index contributed by atoms with van der Waals surface area (Å²) in [5, 5.41) is 1.06. The second-order valence-electron chi connectivity index (χ2n) is 7.44. The van der Waals surface area contributed by atoms with E-state index in [9.17, 15) is 4.79 Å². The Morgan fingerprint density at radius 1 is 1.12 bits per heavy atom. The number of benzene rings is 2. The summed E-state index contributed by atoms with van der Waals surface area (Å²) < 4.78 is 7.21. The molecule has 26 heavy (non-hydrogen) atoms. The van der Waals surface area contributed by atoms with Gasteiger partial charge in [0.25, 0.3) is 0 Å². The maximum atomic E-state index is 12.7.